The minimum Gasteiger partial charge on any atom is -0.379 e. The lowest BCUT2D eigenvalue weighted by Gasteiger charge is -2.28. The molecule has 2 fully saturated rings. The van der Waals surface area contributed by atoms with E-state index < -0.39 is 0 Å². The maximum atomic E-state index is 12.2. The molecule has 2 amide bonds. The van der Waals surface area contributed by atoms with Crippen LogP contribution in [0, 0.1) is 5.92 Å². The van der Waals surface area contributed by atoms with Gasteiger partial charge in [-0.05, 0) is 29.9 Å². The molecule has 2 aliphatic rings. The van der Waals surface area contributed by atoms with Gasteiger partial charge in [0.2, 0.25) is 0 Å². The Bertz CT molecular complexity index is 558. The zero-order valence-electron chi connectivity index (χ0n) is 15.3. The van der Waals surface area contributed by atoms with Crippen molar-refractivity contribution in [3.8, 4) is 0 Å². The van der Waals surface area contributed by atoms with Crippen molar-refractivity contribution in [2.24, 2.45) is 5.92 Å². The van der Waals surface area contributed by atoms with Crippen molar-refractivity contribution < 1.29 is 9.53 Å². The van der Waals surface area contributed by atoms with E-state index in [1.807, 2.05) is 6.07 Å². The van der Waals surface area contributed by atoms with E-state index in [1.165, 1.54) is 24.0 Å². The third kappa shape index (κ3) is 5.72. The second-order valence-corrected chi connectivity index (χ2v) is 7.45. The van der Waals surface area contributed by atoms with E-state index in [-0.39, 0.29) is 6.03 Å². The van der Waals surface area contributed by atoms with Crippen molar-refractivity contribution in [3.05, 3.63) is 35.4 Å². The normalized spacial score (nSPS) is 24.7. The lowest BCUT2D eigenvalue weighted by molar-refractivity contribution is 0.0341. The minimum atomic E-state index is -0.0414. The fourth-order valence-electron chi connectivity index (χ4n) is 3.86. The molecule has 25 heavy (non-hydrogen) atoms. The van der Waals surface area contributed by atoms with Crippen LogP contribution in [-0.4, -0.2) is 43.3 Å². The summed E-state index contributed by atoms with van der Waals surface area (Å²) in [4.78, 5) is 14.7. The van der Waals surface area contributed by atoms with Crippen LogP contribution in [0.5, 0.6) is 0 Å². The Morgan fingerprint density at radius 1 is 1.20 bits per heavy atom. The number of nitrogens with zero attached hydrogens (tertiary/aromatic N) is 1. The van der Waals surface area contributed by atoms with Crippen molar-refractivity contribution in [1.82, 2.24) is 15.5 Å². The molecule has 0 bridgehead atoms. The van der Waals surface area contributed by atoms with Crippen LogP contribution in [0.1, 0.15) is 43.7 Å². The Labute approximate surface area is 151 Å². The van der Waals surface area contributed by atoms with E-state index in [2.05, 4.69) is 40.7 Å². The lowest BCUT2D eigenvalue weighted by atomic mass is 9.87. The van der Waals surface area contributed by atoms with E-state index in [0.29, 0.717) is 18.5 Å². The molecule has 1 aromatic carbocycles. The largest absolute Gasteiger partial charge is 0.379 e. The quantitative estimate of drug-likeness (QED) is 0.863. The van der Waals surface area contributed by atoms with Gasteiger partial charge >= 0.3 is 6.03 Å². The van der Waals surface area contributed by atoms with Gasteiger partial charge in [-0.1, -0.05) is 44.0 Å². The number of carbonyl (C=O) groups is 1. The second-order valence-electron chi connectivity index (χ2n) is 7.45. The summed E-state index contributed by atoms with van der Waals surface area (Å²) in [6.07, 6.45) is 4.70. The average molecular weight is 345 g/mol. The topological polar surface area (TPSA) is 53.6 Å². The molecule has 2 atom stereocenters. The van der Waals surface area contributed by atoms with Crippen molar-refractivity contribution in [2.75, 3.05) is 26.3 Å². The molecule has 1 aromatic rings. The lowest BCUT2D eigenvalue weighted by Crippen LogP contribution is -2.43. The number of urea groups is 1. The van der Waals surface area contributed by atoms with Crippen LogP contribution in [0.25, 0.3) is 0 Å². The molecule has 1 saturated heterocycles. The molecule has 5 nitrogen and oxygen atoms in total. The van der Waals surface area contributed by atoms with Crippen molar-refractivity contribution in [1.29, 1.82) is 0 Å². The Morgan fingerprint density at radius 2 is 1.96 bits per heavy atom. The maximum Gasteiger partial charge on any atom is 0.315 e. The molecule has 0 aromatic heterocycles. The first-order valence-corrected chi connectivity index (χ1v) is 9.62. The van der Waals surface area contributed by atoms with Gasteiger partial charge < -0.3 is 15.4 Å². The second kappa shape index (κ2) is 9.20. The molecule has 138 valence electrons. The Hall–Kier alpha value is -1.59. The van der Waals surface area contributed by atoms with E-state index in [0.717, 1.165) is 45.7 Å². The molecule has 1 saturated carbocycles. The summed E-state index contributed by atoms with van der Waals surface area (Å²) < 4.78 is 5.42. The SMILES string of the molecule is CC1CCCC(NC(=O)NCc2ccccc2CN2CCOCC2)C1. The third-order valence-electron chi connectivity index (χ3n) is 5.33. The molecule has 2 unspecified atom stereocenters. The summed E-state index contributed by atoms with van der Waals surface area (Å²) in [7, 11) is 0. The van der Waals surface area contributed by atoms with Gasteiger partial charge in [0.05, 0.1) is 13.2 Å². The van der Waals surface area contributed by atoms with Crippen LogP contribution >= 0.6 is 0 Å². The number of rotatable bonds is 5. The van der Waals surface area contributed by atoms with Crippen LogP contribution < -0.4 is 10.6 Å². The summed E-state index contributed by atoms with van der Waals surface area (Å²) in [5.41, 5.74) is 2.48. The van der Waals surface area contributed by atoms with Gasteiger partial charge in [-0.15, -0.1) is 0 Å². The molecule has 2 N–H and O–H groups in total. The van der Waals surface area contributed by atoms with Crippen LogP contribution in [0.3, 0.4) is 0 Å². The number of nitrogens with one attached hydrogen (secondary N) is 2. The molecule has 1 heterocycles. The van der Waals surface area contributed by atoms with Gasteiger partial charge in [-0.3, -0.25) is 4.90 Å². The number of hydrogen-bond donors (Lipinski definition) is 2. The summed E-state index contributed by atoms with van der Waals surface area (Å²) in [6.45, 7) is 7.33. The molecular formula is C20H31N3O2. The van der Waals surface area contributed by atoms with Crippen LogP contribution in [0.15, 0.2) is 24.3 Å². The van der Waals surface area contributed by atoms with Gasteiger partial charge in [-0.2, -0.15) is 0 Å². The number of morpholine rings is 1. The van der Waals surface area contributed by atoms with Gasteiger partial charge in [0.1, 0.15) is 0 Å². The maximum absolute atomic E-state index is 12.2. The number of carbonyl (C=O) groups excluding carboxylic acids is 1. The highest BCUT2D eigenvalue weighted by Crippen LogP contribution is 2.23. The van der Waals surface area contributed by atoms with E-state index in [9.17, 15) is 4.79 Å². The molecule has 1 aliphatic carbocycles. The average Bonchev–Trinajstić information content (AvgIpc) is 2.62. The number of benzene rings is 1. The highest BCUT2D eigenvalue weighted by Gasteiger charge is 2.20. The summed E-state index contributed by atoms with van der Waals surface area (Å²) >= 11 is 0. The fourth-order valence-corrected chi connectivity index (χ4v) is 3.86. The van der Waals surface area contributed by atoms with Crippen LogP contribution in [-0.2, 0) is 17.8 Å². The Morgan fingerprint density at radius 3 is 2.72 bits per heavy atom. The predicted octanol–water partition coefficient (Wildman–Crippen LogP) is 2.90. The highest BCUT2D eigenvalue weighted by molar-refractivity contribution is 5.74. The Kier molecular flexibility index (Phi) is 6.70. The number of amides is 2. The standard InChI is InChI=1S/C20H31N3O2/c1-16-5-4-8-19(13-16)22-20(24)21-14-17-6-2-3-7-18(17)15-23-9-11-25-12-10-23/h2-3,6-7,16,19H,4-5,8-15H2,1H3,(H2,21,22,24). The molecule has 0 spiro atoms. The van der Waals surface area contributed by atoms with Gasteiger partial charge in [0.25, 0.3) is 0 Å². The molecular weight excluding hydrogens is 314 g/mol. The Balaban J connectivity index is 1.49. The summed E-state index contributed by atoms with van der Waals surface area (Å²) in [5, 5.41) is 6.19. The first kappa shape index (κ1) is 18.2. The van der Waals surface area contributed by atoms with Gasteiger partial charge in [0, 0.05) is 32.2 Å². The number of hydrogen-bond acceptors (Lipinski definition) is 3. The summed E-state index contributed by atoms with van der Waals surface area (Å²) in [5.74, 6) is 0.716. The third-order valence-corrected chi connectivity index (χ3v) is 5.33. The van der Waals surface area contributed by atoms with Crippen molar-refractivity contribution in [2.45, 2.75) is 51.7 Å². The zero-order valence-corrected chi connectivity index (χ0v) is 15.3. The molecule has 1 aliphatic heterocycles. The zero-order chi connectivity index (χ0) is 17.5. The first-order chi connectivity index (χ1) is 12.2. The van der Waals surface area contributed by atoms with Crippen LogP contribution in [0.2, 0.25) is 0 Å². The van der Waals surface area contributed by atoms with E-state index >= 15 is 0 Å². The van der Waals surface area contributed by atoms with E-state index in [1.54, 1.807) is 0 Å². The first-order valence-electron chi connectivity index (χ1n) is 9.62. The van der Waals surface area contributed by atoms with Gasteiger partial charge in [0.15, 0.2) is 0 Å². The predicted molar refractivity (Wildman–Crippen MR) is 99.3 cm³/mol. The molecule has 0 radical (unpaired) electrons. The van der Waals surface area contributed by atoms with Crippen LogP contribution in [0.4, 0.5) is 4.79 Å². The van der Waals surface area contributed by atoms with Gasteiger partial charge in [-0.25, -0.2) is 4.79 Å². The van der Waals surface area contributed by atoms with E-state index in [4.69, 9.17) is 4.74 Å². The molecule has 3 rings (SSSR count). The van der Waals surface area contributed by atoms with Crippen molar-refractivity contribution in [3.63, 3.8) is 0 Å². The smallest absolute Gasteiger partial charge is 0.315 e. The van der Waals surface area contributed by atoms with Crippen molar-refractivity contribution >= 4 is 6.03 Å². The number of ether oxygens (including phenoxy) is 1. The monoisotopic (exact) mass is 345 g/mol. The molecule has 5 heteroatoms. The minimum absolute atomic E-state index is 0.0414. The fraction of sp³-hybridized carbons (Fsp3) is 0.650. The highest BCUT2D eigenvalue weighted by atomic mass is 16.5. The summed E-state index contributed by atoms with van der Waals surface area (Å²) in [6, 6.07) is 8.67.